The minimum Gasteiger partial charge on any atom is -0.504 e. The van der Waals surface area contributed by atoms with Crippen LogP contribution in [0.15, 0.2) is 36.4 Å². The van der Waals surface area contributed by atoms with Crippen LogP contribution >= 0.6 is 0 Å². The van der Waals surface area contributed by atoms with Crippen LogP contribution in [0.25, 0.3) is 5.57 Å². The molecule has 9 heteroatoms. The average molecular weight is 638 g/mol. The molecule has 1 saturated carbocycles. The largest absolute Gasteiger partial charge is 0.504 e. The van der Waals surface area contributed by atoms with Gasteiger partial charge >= 0.3 is 5.97 Å². The molecule has 1 fully saturated rings. The van der Waals surface area contributed by atoms with Crippen molar-refractivity contribution in [3.05, 3.63) is 53.1 Å². The van der Waals surface area contributed by atoms with Gasteiger partial charge in [0.15, 0.2) is 23.0 Å². The quantitative estimate of drug-likeness (QED) is 0.131. The van der Waals surface area contributed by atoms with Crippen molar-refractivity contribution in [1.29, 1.82) is 0 Å². The van der Waals surface area contributed by atoms with E-state index in [0.717, 1.165) is 60.9 Å². The zero-order valence-electron chi connectivity index (χ0n) is 27.7. The Morgan fingerprint density at radius 3 is 2.50 bits per heavy atom. The number of allylic oxidation sites excluding steroid dienone is 1. The molecule has 252 valence electrons. The van der Waals surface area contributed by atoms with Crippen LogP contribution in [0.4, 0.5) is 0 Å². The van der Waals surface area contributed by atoms with Crippen molar-refractivity contribution < 1.29 is 39.1 Å². The predicted octanol–water partition coefficient (Wildman–Crippen LogP) is 5.92. The monoisotopic (exact) mass is 637 g/mol. The molecule has 9 nitrogen and oxygen atoms in total. The topological polar surface area (TPSA) is 135 Å². The van der Waals surface area contributed by atoms with Gasteiger partial charge in [0.1, 0.15) is 11.9 Å². The molecule has 2 aliphatic rings. The van der Waals surface area contributed by atoms with Crippen molar-refractivity contribution in [3.63, 3.8) is 0 Å². The second kappa shape index (κ2) is 16.8. The Morgan fingerprint density at radius 2 is 1.80 bits per heavy atom. The van der Waals surface area contributed by atoms with Gasteiger partial charge in [-0.3, -0.25) is 9.59 Å². The fourth-order valence-corrected chi connectivity index (χ4v) is 7.39. The van der Waals surface area contributed by atoms with Gasteiger partial charge in [0, 0.05) is 32.9 Å². The second-order valence-electron chi connectivity index (χ2n) is 12.8. The van der Waals surface area contributed by atoms with Crippen molar-refractivity contribution in [3.8, 4) is 23.0 Å². The van der Waals surface area contributed by atoms with Gasteiger partial charge in [-0.1, -0.05) is 19.1 Å². The maximum atomic E-state index is 14.0. The number of ketones is 1. The van der Waals surface area contributed by atoms with Crippen LogP contribution in [-0.2, 0) is 20.7 Å². The number of fused-ring (bicyclic) bond motifs is 2. The first kappa shape index (κ1) is 35.3. The van der Waals surface area contributed by atoms with Crippen LogP contribution in [0.5, 0.6) is 23.0 Å². The molecule has 0 aromatic heterocycles. The number of aliphatic hydroxyl groups excluding tert-OH is 1. The van der Waals surface area contributed by atoms with Crippen LogP contribution < -0.4 is 14.8 Å². The van der Waals surface area contributed by atoms with Gasteiger partial charge in [0.2, 0.25) is 0 Å². The molecule has 0 saturated heterocycles. The van der Waals surface area contributed by atoms with E-state index in [-0.39, 0.29) is 54.5 Å². The standard InChI is InChI=1S/C37H51NO8/c1-5-13-38-22-27-17-26-9-6-25(12-14-39)15-30(26)32(33-21-37(45-4)35(43)20-31(27)33)19-28(41)18-29(46-23(2)40)10-7-24-8-11-34(42)36(16-24)44-3/h8,11,16-17,20-21,25-26,29-30,32,38-39,42-43H,5-7,9-10,12-15,18-19,22H2,1-4H3. The van der Waals surface area contributed by atoms with E-state index >= 15 is 0 Å². The highest BCUT2D eigenvalue weighted by atomic mass is 16.5. The Kier molecular flexibility index (Phi) is 12.9. The van der Waals surface area contributed by atoms with E-state index in [1.165, 1.54) is 21.1 Å². The molecular formula is C37H51NO8. The maximum Gasteiger partial charge on any atom is 0.302 e. The summed E-state index contributed by atoms with van der Waals surface area (Å²) in [6.07, 6.45) is 7.73. The molecular weight excluding hydrogens is 586 g/mol. The van der Waals surface area contributed by atoms with Crippen LogP contribution in [0.1, 0.15) is 87.8 Å². The molecule has 46 heavy (non-hydrogen) atoms. The Labute approximate surface area is 273 Å². The zero-order chi connectivity index (χ0) is 33.2. The summed E-state index contributed by atoms with van der Waals surface area (Å²) >= 11 is 0. The number of methoxy groups -OCH3 is 2. The van der Waals surface area contributed by atoms with E-state index in [4.69, 9.17) is 14.2 Å². The maximum absolute atomic E-state index is 14.0. The third kappa shape index (κ3) is 9.04. The highest BCUT2D eigenvalue weighted by molar-refractivity contribution is 5.82. The van der Waals surface area contributed by atoms with Gasteiger partial charge in [-0.15, -0.1) is 0 Å². The van der Waals surface area contributed by atoms with Crippen LogP contribution in [0, 0.1) is 17.8 Å². The number of carbonyl (C=O) groups is 2. The molecule has 5 atom stereocenters. The number of aromatic hydroxyl groups is 2. The highest BCUT2D eigenvalue weighted by Gasteiger charge is 2.40. The summed E-state index contributed by atoms with van der Waals surface area (Å²) in [6, 6.07) is 8.79. The molecule has 0 amide bonds. The number of aliphatic hydroxyl groups is 1. The van der Waals surface area contributed by atoms with Gasteiger partial charge in [0.25, 0.3) is 0 Å². The number of nitrogens with one attached hydrogen (secondary N) is 1. The smallest absolute Gasteiger partial charge is 0.302 e. The molecule has 2 aliphatic carbocycles. The van der Waals surface area contributed by atoms with Gasteiger partial charge in [-0.25, -0.2) is 0 Å². The van der Waals surface area contributed by atoms with Crippen molar-refractivity contribution in [1.82, 2.24) is 5.32 Å². The van der Waals surface area contributed by atoms with Crippen LogP contribution in [0.2, 0.25) is 0 Å². The fourth-order valence-electron chi connectivity index (χ4n) is 7.39. The number of phenols is 2. The lowest BCUT2D eigenvalue weighted by molar-refractivity contribution is -0.147. The Morgan fingerprint density at radius 1 is 1.04 bits per heavy atom. The van der Waals surface area contributed by atoms with Gasteiger partial charge < -0.3 is 34.8 Å². The number of benzene rings is 2. The summed E-state index contributed by atoms with van der Waals surface area (Å²) in [7, 11) is 3.02. The van der Waals surface area contributed by atoms with E-state index in [1.807, 2.05) is 6.07 Å². The minimum absolute atomic E-state index is 0.00752. The van der Waals surface area contributed by atoms with Crippen molar-refractivity contribution in [2.75, 3.05) is 33.9 Å². The van der Waals surface area contributed by atoms with Crippen LogP contribution in [0.3, 0.4) is 0 Å². The van der Waals surface area contributed by atoms with Gasteiger partial charge in [0.05, 0.1) is 14.2 Å². The van der Waals surface area contributed by atoms with Crippen molar-refractivity contribution in [2.24, 2.45) is 17.8 Å². The summed E-state index contributed by atoms with van der Waals surface area (Å²) in [6.45, 7) is 5.16. The third-order valence-electron chi connectivity index (χ3n) is 9.61. The number of esters is 1. The first-order valence-electron chi connectivity index (χ1n) is 16.7. The molecule has 2 aromatic carbocycles. The van der Waals surface area contributed by atoms with Crippen molar-refractivity contribution in [2.45, 2.75) is 83.7 Å². The number of phenolic OH excluding ortho intramolecular Hbond substituents is 2. The van der Waals surface area contributed by atoms with E-state index in [1.54, 1.807) is 24.3 Å². The molecule has 0 heterocycles. The second-order valence-corrected chi connectivity index (χ2v) is 12.8. The van der Waals surface area contributed by atoms with E-state index in [2.05, 4.69) is 18.3 Å². The average Bonchev–Trinajstić information content (AvgIpc) is 3.14. The number of hydrogen-bond donors (Lipinski definition) is 4. The number of hydrogen-bond acceptors (Lipinski definition) is 9. The molecule has 0 radical (unpaired) electrons. The lowest BCUT2D eigenvalue weighted by Gasteiger charge is -2.39. The Balaban J connectivity index is 1.63. The molecule has 0 bridgehead atoms. The number of Topliss-reactive ketones (excluding diaryl/α,β-unsaturated/α-hetero) is 1. The lowest BCUT2D eigenvalue weighted by Crippen LogP contribution is -2.31. The van der Waals surface area contributed by atoms with E-state index in [0.29, 0.717) is 36.8 Å². The molecule has 4 rings (SSSR count). The summed E-state index contributed by atoms with van der Waals surface area (Å²) in [5.41, 5.74) is 3.95. The van der Waals surface area contributed by atoms with E-state index in [9.17, 15) is 24.9 Å². The SMILES string of the molecule is CCCNCC1=CC2CCC(CCO)CC2C(CC(=O)CC(CCc2ccc(O)c(OC)c2)OC(C)=O)c2cc(OC)c(O)cc21. The zero-order valence-corrected chi connectivity index (χ0v) is 27.7. The molecule has 4 N–H and O–H groups in total. The normalized spacial score (nSPS) is 21.3. The first-order chi connectivity index (χ1) is 22.2. The summed E-state index contributed by atoms with van der Waals surface area (Å²) in [4.78, 5) is 26.0. The number of rotatable bonds is 16. The summed E-state index contributed by atoms with van der Waals surface area (Å²) in [5, 5.41) is 34.1. The molecule has 0 aliphatic heterocycles. The predicted molar refractivity (Wildman–Crippen MR) is 177 cm³/mol. The number of aryl methyl sites for hydroxylation is 1. The molecule has 0 spiro atoms. The summed E-state index contributed by atoms with van der Waals surface area (Å²) in [5.74, 6) is 1.08. The minimum atomic E-state index is -0.597. The fraction of sp³-hybridized carbons (Fsp3) is 0.568. The molecule has 5 unspecified atom stereocenters. The highest BCUT2D eigenvalue weighted by Crippen LogP contribution is 2.51. The number of ether oxygens (including phenoxy) is 3. The van der Waals surface area contributed by atoms with Gasteiger partial charge in [-0.2, -0.15) is 0 Å². The van der Waals surface area contributed by atoms with Crippen LogP contribution in [-0.4, -0.2) is 67.1 Å². The van der Waals surface area contributed by atoms with Crippen molar-refractivity contribution >= 4 is 17.3 Å². The van der Waals surface area contributed by atoms with E-state index < -0.39 is 12.1 Å². The summed E-state index contributed by atoms with van der Waals surface area (Å²) < 4.78 is 16.4. The lowest BCUT2D eigenvalue weighted by atomic mass is 9.65. The third-order valence-corrected chi connectivity index (χ3v) is 9.61. The molecule has 2 aromatic rings. The van der Waals surface area contributed by atoms with Gasteiger partial charge in [-0.05, 0) is 122 Å². The number of carbonyl (C=O) groups excluding carboxylic acids is 2. The first-order valence-corrected chi connectivity index (χ1v) is 16.7. The Bertz CT molecular complexity index is 1370. The Hall–Kier alpha value is -3.56.